The smallest absolute Gasteiger partial charge is 0.234 e. The minimum atomic E-state index is -0.0586. The predicted octanol–water partition coefficient (Wildman–Crippen LogP) is 1.01. The van der Waals surface area contributed by atoms with E-state index in [2.05, 4.69) is 10.6 Å². The van der Waals surface area contributed by atoms with Crippen molar-refractivity contribution in [3.05, 3.63) is 29.8 Å². The Morgan fingerprint density at radius 3 is 2.81 bits per heavy atom. The van der Waals surface area contributed by atoms with E-state index in [9.17, 15) is 9.90 Å². The van der Waals surface area contributed by atoms with Crippen LogP contribution in [0.4, 0.5) is 0 Å². The summed E-state index contributed by atoms with van der Waals surface area (Å²) in [6, 6.07) is 6.98. The van der Waals surface area contributed by atoms with Gasteiger partial charge in [-0.3, -0.25) is 4.79 Å². The van der Waals surface area contributed by atoms with Crippen LogP contribution in [0.5, 0.6) is 5.75 Å². The van der Waals surface area contributed by atoms with Crippen LogP contribution in [0.3, 0.4) is 0 Å². The van der Waals surface area contributed by atoms with Gasteiger partial charge in [0.2, 0.25) is 5.91 Å². The molecule has 1 aromatic rings. The Kier molecular flexibility index (Phi) is 5.36. The maximum absolute atomic E-state index is 11.3. The Hall–Kier alpha value is -1.55. The highest BCUT2D eigenvalue weighted by atomic mass is 16.3. The van der Waals surface area contributed by atoms with Gasteiger partial charge in [-0.05, 0) is 19.0 Å². The number of phenols is 1. The average Bonchev–Trinajstić information content (AvgIpc) is 2.28. The highest BCUT2D eigenvalue weighted by molar-refractivity contribution is 5.78. The van der Waals surface area contributed by atoms with Crippen molar-refractivity contribution in [2.75, 3.05) is 13.1 Å². The van der Waals surface area contributed by atoms with Crippen LogP contribution < -0.4 is 10.6 Å². The third-order valence-electron chi connectivity index (χ3n) is 2.18. The topological polar surface area (TPSA) is 61.4 Å². The van der Waals surface area contributed by atoms with Gasteiger partial charge in [-0.25, -0.2) is 0 Å². The average molecular weight is 222 g/mol. The molecule has 0 aliphatic carbocycles. The molecule has 0 atom stereocenters. The lowest BCUT2D eigenvalue weighted by atomic mass is 10.2. The normalized spacial score (nSPS) is 10.1. The van der Waals surface area contributed by atoms with Crippen LogP contribution in [0.1, 0.15) is 18.9 Å². The van der Waals surface area contributed by atoms with Gasteiger partial charge in [0, 0.05) is 12.1 Å². The number of hydrogen-bond donors (Lipinski definition) is 3. The Balaban J connectivity index is 2.29. The first-order valence-corrected chi connectivity index (χ1v) is 5.48. The third kappa shape index (κ3) is 4.31. The van der Waals surface area contributed by atoms with Gasteiger partial charge in [0.1, 0.15) is 5.75 Å². The number of hydrogen-bond acceptors (Lipinski definition) is 3. The standard InChI is InChI=1S/C12H18N2O2/c1-2-7-13-9-12(16)14-8-10-5-3-4-6-11(10)15/h3-6,13,15H,2,7-9H2,1H3,(H,14,16). The first kappa shape index (κ1) is 12.5. The van der Waals surface area contributed by atoms with Gasteiger partial charge in [-0.1, -0.05) is 25.1 Å². The number of carbonyl (C=O) groups excluding carboxylic acids is 1. The van der Waals surface area contributed by atoms with Crippen LogP contribution in [-0.4, -0.2) is 24.1 Å². The van der Waals surface area contributed by atoms with Gasteiger partial charge in [0.25, 0.3) is 0 Å². The molecular weight excluding hydrogens is 204 g/mol. The van der Waals surface area contributed by atoms with Crippen molar-refractivity contribution in [3.8, 4) is 5.75 Å². The molecule has 0 saturated carbocycles. The molecule has 88 valence electrons. The second-order valence-corrected chi connectivity index (χ2v) is 3.58. The molecular formula is C12H18N2O2. The molecule has 1 aromatic carbocycles. The van der Waals surface area contributed by atoms with Crippen molar-refractivity contribution < 1.29 is 9.90 Å². The van der Waals surface area contributed by atoms with Gasteiger partial charge < -0.3 is 15.7 Å². The lowest BCUT2D eigenvalue weighted by Gasteiger charge is -2.07. The van der Waals surface area contributed by atoms with Crippen LogP contribution in [0.25, 0.3) is 0 Å². The molecule has 0 aliphatic heterocycles. The number of phenolic OH excluding ortho intramolecular Hbond substituents is 1. The SMILES string of the molecule is CCCNCC(=O)NCc1ccccc1O. The number of para-hydroxylation sites is 1. The van der Waals surface area contributed by atoms with Crippen molar-refractivity contribution in [2.45, 2.75) is 19.9 Å². The van der Waals surface area contributed by atoms with E-state index >= 15 is 0 Å². The summed E-state index contributed by atoms with van der Waals surface area (Å²) in [5, 5.41) is 15.2. The Morgan fingerprint density at radius 2 is 2.12 bits per heavy atom. The molecule has 16 heavy (non-hydrogen) atoms. The fraction of sp³-hybridized carbons (Fsp3) is 0.417. The molecule has 0 aromatic heterocycles. The van der Waals surface area contributed by atoms with E-state index in [1.54, 1.807) is 18.2 Å². The zero-order valence-electron chi connectivity index (χ0n) is 9.49. The lowest BCUT2D eigenvalue weighted by molar-refractivity contribution is -0.120. The van der Waals surface area contributed by atoms with Crippen LogP contribution in [0.2, 0.25) is 0 Å². The summed E-state index contributed by atoms with van der Waals surface area (Å²) in [4.78, 5) is 11.3. The molecule has 4 heteroatoms. The van der Waals surface area contributed by atoms with Gasteiger partial charge >= 0.3 is 0 Å². The first-order chi connectivity index (χ1) is 7.74. The van der Waals surface area contributed by atoms with Crippen LogP contribution in [0.15, 0.2) is 24.3 Å². The fourth-order valence-electron chi connectivity index (χ4n) is 1.30. The first-order valence-electron chi connectivity index (χ1n) is 5.48. The monoisotopic (exact) mass is 222 g/mol. The van der Waals surface area contributed by atoms with E-state index in [4.69, 9.17) is 0 Å². The van der Waals surface area contributed by atoms with Crippen molar-refractivity contribution >= 4 is 5.91 Å². The molecule has 3 N–H and O–H groups in total. The summed E-state index contributed by atoms with van der Waals surface area (Å²) in [6.45, 7) is 3.57. The Labute approximate surface area is 95.7 Å². The maximum atomic E-state index is 11.3. The summed E-state index contributed by atoms with van der Waals surface area (Å²) in [5.41, 5.74) is 0.728. The van der Waals surface area contributed by atoms with Crippen molar-refractivity contribution in [3.63, 3.8) is 0 Å². The largest absolute Gasteiger partial charge is 0.508 e. The molecule has 0 fully saturated rings. The second kappa shape index (κ2) is 6.85. The molecule has 0 aliphatic rings. The molecule has 0 spiro atoms. The summed E-state index contributed by atoms with van der Waals surface area (Å²) in [5.74, 6) is 0.154. The van der Waals surface area contributed by atoms with E-state index in [-0.39, 0.29) is 11.7 Å². The number of benzene rings is 1. The van der Waals surface area contributed by atoms with Crippen molar-refractivity contribution in [1.29, 1.82) is 0 Å². The minimum Gasteiger partial charge on any atom is -0.508 e. The Morgan fingerprint density at radius 1 is 1.38 bits per heavy atom. The molecule has 1 rings (SSSR count). The molecule has 1 amide bonds. The number of amides is 1. The van der Waals surface area contributed by atoms with Gasteiger partial charge in [-0.2, -0.15) is 0 Å². The summed E-state index contributed by atoms with van der Waals surface area (Å²) >= 11 is 0. The summed E-state index contributed by atoms with van der Waals surface area (Å²) < 4.78 is 0. The highest BCUT2D eigenvalue weighted by Crippen LogP contribution is 2.14. The van der Waals surface area contributed by atoms with Crippen molar-refractivity contribution in [2.24, 2.45) is 0 Å². The Bertz CT molecular complexity index is 340. The van der Waals surface area contributed by atoms with E-state index in [1.807, 2.05) is 13.0 Å². The summed E-state index contributed by atoms with van der Waals surface area (Å²) in [6.07, 6.45) is 1.01. The second-order valence-electron chi connectivity index (χ2n) is 3.58. The quantitative estimate of drug-likeness (QED) is 0.629. The van der Waals surface area contributed by atoms with Gasteiger partial charge in [0.05, 0.1) is 6.54 Å². The number of aromatic hydroxyl groups is 1. The zero-order valence-corrected chi connectivity index (χ0v) is 9.49. The van der Waals surface area contributed by atoms with Crippen LogP contribution >= 0.6 is 0 Å². The zero-order chi connectivity index (χ0) is 11.8. The van der Waals surface area contributed by atoms with Crippen LogP contribution in [0, 0.1) is 0 Å². The number of carbonyl (C=O) groups is 1. The highest BCUT2D eigenvalue weighted by Gasteiger charge is 2.02. The number of nitrogens with one attached hydrogen (secondary N) is 2. The van der Waals surface area contributed by atoms with E-state index in [0.29, 0.717) is 13.1 Å². The third-order valence-corrected chi connectivity index (χ3v) is 2.18. The minimum absolute atomic E-state index is 0.0586. The molecule has 0 heterocycles. The number of rotatable bonds is 6. The summed E-state index contributed by atoms with van der Waals surface area (Å²) in [7, 11) is 0. The predicted molar refractivity (Wildman–Crippen MR) is 63.1 cm³/mol. The van der Waals surface area contributed by atoms with Gasteiger partial charge in [0.15, 0.2) is 0 Å². The lowest BCUT2D eigenvalue weighted by Crippen LogP contribution is -2.33. The molecule has 0 bridgehead atoms. The van der Waals surface area contributed by atoms with E-state index < -0.39 is 0 Å². The fourth-order valence-corrected chi connectivity index (χ4v) is 1.30. The van der Waals surface area contributed by atoms with Crippen LogP contribution in [-0.2, 0) is 11.3 Å². The maximum Gasteiger partial charge on any atom is 0.234 e. The van der Waals surface area contributed by atoms with E-state index in [1.165, 1.54) is 0 Å². The molecule has 0 radical (unpaired) electrons. The van der Waals surface area contributed by atoms with E-state index in [0.717, 1.165) is 18.5 Å². The van der Waals surface area contributed by atoms with Crippen molar-refractivity contribution in [1.82, 2.24) is 10.6 Å². The molecule has 0 unspecified atom stereocenters. The van der Waals surface area contributed by atoms with Gasteiger partial charge in [-0.15, -0.1) is 0 Å². The molecule has 0 saturated heterocycles. The molecule has 4 nitrogen and oxygen atoms in total.